The minimum atomic E-state index is 0.0651. The number of aliphatic imine (C=N–C) groups is 1. The van der Waals surface area contributed by atoms with Gasteiger partial charge in [-0.2, -0.15) is 0 Å². The minimum Gasteiger partial charge on any atom is -0.368 e. The van der Waals surface area contributed by atoms with Crippen LogP contribution in [0.3, 0.4) is 0 Å². The number of guanidine groups is 1. The van der Waals surface area contributed by atoms with Crippen LogP contribution in [0.1, 0.15) is 24.8 Å². The van der Waals surface area contributed by atoms with Crippen molar-refractivity contribution in [3.8, 4) is 0 Å². The van der Waals surface area contributed by atoms with E-state index in [0.717, 1.165) is 6.42 Å². The molecule has 0 aliphatic carbocycles. The maximum absolute atomic E-state index is 8.41. The highest BCUT2D eigenvalue weighted by atomic mass is 16.5. The SMILES string of the molecule is CC(CCN=C(N)NO)c1ccccc1. The predicted molar refractivity (Wildman–Crippen MR) is 60.9 cm³/mol. The maximum Gasteiger partial charge on any atom is 0.212 e. The lowest BCUT2D eigenvalue weighted by Crippen LogP contribution is -2.28. The predicted octanol–water partition coefficient (Wildman–Crippen LogP) is 1.47. The molecule has 1 atom stereocenters. The second kappa shape index (κ2) is 6.03. The number of nitrogens with zero attached hydrogens (tertiary/aromatic N) is 1. The number of hydrogen-bond acceptors (Lipinski definition) is 2. The highest BCUT2D eigenvalue weighted by Gasteiger charge is 2.03. The van der Waals surface area contributed by atoms with Gasteiger partial charge in [-0.05, 0) is 17.9 Å². The number of hydrogen-bond donors (Lipinski definition) is 3. The Kier molecular flexibility index (Phi) is 4.63. The minimum absolute atomic E-state index is 0.0651. The summed E-state index contributed by atoms with van der Waals surface area (Å²) in [7, 11) is 0. The molecule has 4 nitrogen and oxygen atoms in total. The summed E-state index contributed by atoms with van der Waals surface area (Å²) in [5, 5.41) is 8.41. The van der Waals surface area contributed by atoms with Crippen molar-refractivity contribution in [3.05, 3.63) is 35.9 Å². The first-order chi connectivity index (χ1) is 7.24. The first kappa shape index (κ1) is 11.5. The molecule has 0 aromatic heterocycles. The van der Waals surface area contributed by atoms with Gasteiger partial charge in [-0.1, -0.05) is 37.3 Å². The Balaban J connectivity index is 2.40. The highest BCUT2D eigenvalue weighted by Crippen LogP contribution is 2.17. The third kappa shape index (κ3) is 3.99. The number of rotatable bonds is 4. The first-order valence-electron chi connectivity index (χ1n) is 4.99. The summed E-state index contributed by atoms with van der Waals surface area (Å²) in [6.45, 7) is 2.75. The fourth-order valence-electron chi connectivity index (χ4n) is 1.36. The van der Waals surface area contributed by atoms with Gasteiger partial charge >= 0.3 is 0 Å². The van der Waals surface area contributed by atoms with E-state index in [-0.39, 0.29) is 5.96 Å². The lowest BCUT2D eigenvalue weighted by Gasteiger charge is -2.09. The molecular weight excluding hydrogens is 190 g/mol. The van der Waals surface area contributed by atoms with E-state index in [1.54, 1.807) is 5.48 Å². The Bertz CT molecular complexity index is 311. The van der Waals surface area contributed by atoms with Gasteiger partial charge in [0.1, 0.15) is 0 Å². The van der Waals surface area contributed by atoms with E-state index in [1.165, 1.54) is 5.56 Å². The van der Waals surface area contributed by atoms with Crippen LogP contribution in [-0.4, -0.2) is 17.7 Å². The molecule has 4 N–H and O–H groups in total. The van der Waals surface area contributed by atoms with Crippen LogP contribution in [-0.2, 0) is 0 Å². The molecule has 0 heterocycles. The van der Waals surface area contributed by atoms with Gasteiger partial charge in [0.2, 0.25) is 5.96 Å². The van der Waals surface area contributed by atoms with Crippen LogP contribution >= 0.6 is 0 Å². The highest BCUT2D eigenvalue weighted by molar-refractivity contribution is 5.76. The van der Waals surface area contributed by atoms with Crippen LogP contribution in [0.2, 0.25) is 0 Å². The fourth-order valence-corrected chi connectivity index (χ4v) is 1.36. The smallest absolute Gasteiger partial charge is 0.212 e. The average Bonchev–Trinajstić information content (AvgIpc) is 2.29. The number of benzene rings is 1. The Morgan fingerprint density at radius 3 is 2.73 bits per heavy atom. The molecule has 0 fully saturated rings. The van der Waals surface area contributed by atoms with Crippen molar-refractivity contribution in [2.45, 2.75) is 19.3 Å². The second-order valence-electron chi connectivity index (χ2n) is 3.48. The molecule has 0 aliphatic heterocycles. The number of nitrogens with one attached hydrogen (secondary N) is 1. The molecule has 0 amide bonds. The zero-order chi connectivity index (χ0) is 11.1. The van der Waals surface area contributed by atoms with Crippen molar-refractivity contribution in [2.24, 2.45) is 10.7 Å². The summed E-state index contributed by atoms with van der Waals surface area (Å²) in [6.07, 6.45) is 0.909. The molecule has 0 bridgehead atoms. The molecule has 0 spiro atoms. The van der Waals surface area contributed by atoms with Crippen molar-refractivity contribution in [3.63, 3.8) is 0 Å². The van der Waals surface area contributed by atoms with E-state index in [0.29, 0.717) is 12.5 Å². The summed E-state index contributed by atoms with van der Waals surface area (Å²) in [6, 6.07) is 10.3. The molecule has 0 saturated carbocycles. The van der Waals surface area contributed by atoms with Crippen LogP contribution in [0.4, 0.5) is 0 Å². The van der Waals surface area contributed by atoms with Gasteiger partial charge in [0.25, 0.3) is 0 Å². The van der Waals surface area contributed by atoms with Gasteiger partial charge in [-0.15, -0.1) is 0 Å². The van der Waals surface area contributed by atoms with Crippen molar-refractivity contribution < 1.29 is 5.21 Å². The lowest BCUT2D eigenvalue weighted by molar-refractivity contribution is 0.232. The third-order valence-corrected chi connectivity index (χ3v) is 2.33. The van der Waals surface area contributed by atoms with Crippen molar-refractivity contribution in [1.82, 2.24) is 5.48 Å². The van der Waals surface area contributed by atoms with Gasteiger partial charge in [0, 0.05) is 6.54 Å². The molecular formula is C11H17N3O. The molecule has 15 heavy (non-hydrogen) atoms. The van der Waals surface area contributed by atoms with Crippen LogP contribution < -0.4 is 11.2 Å². The van der Waals surface area contributed by atoms with E-state index >= 15 is 0 Å². The molecule has 0 radical (unpaired) electrons. The average molecular weight is 207 g/mol. The summed E-state index contributed by atoms with van der Waals surface area (Å²) in [5.74, 6) is 0.511. The van der Waals surface area contributed by atoms with Crippen LogP contribution in [0.5, 0.6) is 0 Å². The van der Waals surface area contributed by atoms with Gasteiger partial charge < -0.3 is 5.73 Å². The van der Waals surface area contributed by atoms with E-state index in [9.17, 15) is 0 Å². The van der Waals surface area contributed by atoms with Crippen molar-refractivity contribution in [1.29, 1.82) is 0 Å². The molecule has 82 valence electrons. The Morgan fingerprint density at radius 1 is 1.47 bits per heavy atom. The Hall–Kier alpha value is -1.55. The van der Waals surface area contributed by atoms with Crippen LogP contribution in [0, 0.1) is 0 Å². The largest absolute Gasteiger partial charge is 0.368 e. The third-order valence-electron chi connectivity index (χ3n) is 2.33. The second-order valence-corrected chi connectivity index (χ2v) is 3.48. The Morgan fingerprint density at radius 2 is 2.13 bits per heavy atom. The monoisotopic (exact) mass is 207 g/mol. The molecule has 0 saturated heterocycles. The summed E-state index contributed by atoms with van der Waals surface area (Å²) in [4.78, 5) is 3.94. The number of nitrogens with two attached hydrogens (primary N) is 1. The summed E-state index contributed by atoms with van der Waals surface area (Å²) in [5.41, 5.74) is 8.39. The van der Waals surface area contributed by atoms with E-state index < -0.39 is 0 Å². The first-order valence-corrected chi connectivity index (χ1v) is 4.99. The van der Waals surface area contributed by atoms with Gasteiger partial charge in [0.15, 0.2) is 0 Å². The number of hydroxylamine groups is 1. The van der Waals surface area contributed by atoms with E-state index in [4.69, 9.17) is 10.9 Å². The molecule has 0 aliphatic rings. The van der Waals surface area contributed by atoms with Crippen molar-refractivity contribution in [2.75, 3.05) is 6.54 Å². The van der Waals surface area contributed by atoms with Crippen LogP contribution in [0.15, 0.2) is 35.3 Å². The van der Waals surface area contributed by atoms with Gasteiger partial charge in [0.05, 0.1) is 0 Å². The fraction of sp³-hybridized carbons (Fsp3) is 0.364. The van der Waals surface area contributed by atoms with E-state index in [1.807, 2.05) is 18.2 Å². The van der Waals surface area contributed by atoms with E-state index in [2.05, 4.69) is 24.0 Å². The quantitative estimate of drug-likeness (QED) is 0.398. The summed E-state index contributed by atoms with van der Waals surface area (Å²) >= 11 is 0. The van der Waals surface area contributed by atoms with Crippen molar-refractivity contribution >= 4 is 5.96 Å². The topological polar surface area (TPSA) is 70.6 Å². The van der Waals surface area contributed by atoms with Gasteiger partial charge in [-0.3, -0.25) is 10.2 Å². The zero-order valence-electron chi connectivity index (χ0n) is 8.85. The Labute approximate surface area is 89.8 Å². The molecule has 1 aromatic carbocycles. The van der Waals surface area contributed by atoms with Gasteiger partial charge in [-0.25, -0.2) is 5.48 Å². The van der Waals surface area contributed by atoms with Crippen LogP contribution in [0.25, 0.3) is 0 Å². The maximum atomic E-state index is 8.41. The molecule has 1 rings (SSSR count). The zero-order valence-corrected chi connectivity index (χ0v) is 8.85. The molecule has 4 heteroatoms. The normalized spacial score (nSPS) is 13.6. The standard InChI is InChI=1S/C11H17N3O/c1-9(7-8-13-11(12)14-15)10-5-3-2-4-6-10/h2-6,9,15H,7-8H2,1H3,(H3,12,13,14). The summed E-state index contributed by atoms with van der Waals surface area (Å²) < 4.78 is 0. The molecule has 1 unspecified atom stereocenters. The molecule has 1 aromatic rings. The lowest BCUT2D eigenvalue weighted by atomic mass is 9.98.